The first-order valence-electron chi connectivity index (χ1n) is 11.3. The van der Waals surface area contributed by atoms with Gasteiger partial charge in [0.05, 0.1) is 24.3 Å². The van der Waals surface area contributed by atoms with Gasteiger partial charge >= 0.3 is 0 Å². The van der Waals surface area contributed by atoms with Crippen molar-refractivity contribution in [2.45, 2.75) is 45.4 Å². The van der Waals surface area contributed by atoms with Gasteiger partial charge in [0.1, 0.15) is 5.82 Å². The van der Waals surface area contributed by atoms with Crippen LogP contribution in [0.3, 0.4) is 0 Å². The second-order valence-corrected chi connectivity index (χ2v) is 8.54. The predicted octanol–water partition coefficient (Wildman–Crippen LogP) is 4.90. The number of rotatable bonds is 5. The van der Waals surface area contributed by atoms with Gasteiger partial charge in [-0.2, -0.15) is 0 Å². The molecule has 0 spiro atoms. The molecule has 2 aliphatic heterocycles. The molecule has 1 N–H and O–H groups in total. The van der Waals surface area contributed by atoms with E-state index in [9.17, 15) is 9.50 Å². The van der Waals surface area contributed by atoms with Gasteiger partial charge in [-0.1, -0.05) is 30.3 Å². The standard InChI is InChI=1S/C26H27FN4O2/c1-3-26(22-7-9-23(27)10-8-22)31-12-4-5-20(25(31)29-33-26)13-19-6-11-24(21(14-19)16-32)30-15-18(2)28-17-30/h6-11,13-15,17,32H,3-5,12,16H2,1-2H3/b20-13+. The molecule has 2 aliphatic rings. The maximum atomic E-state index is 13.5. The summed E-state index contributed by atoms with van der Waals surface area (Å²) in [5.74, 6) is 0.560. The molecule has 1 unspecified atom stereocenters. The fraction of sp³-hybridized carbons (Fsp3) is 0.308. The lowest BCUT2D eigenvalue weighted by molar-refractivity contribution is -0.109. The third-order valence-corrected chi connectivity index (χ3v) is 6.47. The SMILES string of the molecule is CCC1(c2ccc(F)cc2)ON=C2/C(=C/c3ccc(-n4cnc(C)c4)c(CO)c3)CCCN21. The van der Waals surface area contributed by atoms with Gasteiger partial charge in [0, 0.05) is 30.3 Å². The van der Waals surface area contributed by atoms with Crippen molar-refractivity contribution < 1.29 is 14.3 Å². The molecule has 1 fully saturated rings. The van der Waals surface area contributed by atoms with Crippen LogP contribution in [0.2, 0.25) is 0 Å². The van der Waals surface area contributed by atoms with Gasteiger partial charge < -0.3 is 19.4 Å². The number of imidazole rings is 1. The second kappa shape index (κ2) is 8.48. The van der Waals surface area contributed by atoms with E-state index < -0.39 is 5.72 Å². The summed E-state index contributed by atoms with van der Waals surface area (Å²) in [5.41, 5.74) is 4.92. The highest BCUT2D eigenvalue weighted by Crippen LogP contribution is 2.42. The molecule has 6 nitrogen and oxygen atoms in total. The summed E-state index contributed by atoms with van der Waals surface area (Å²) in [5, 5.41) is 14.5. The summed E-state index contributed by atoms with van der Waals surface area (Å²) in [6, 6.07) is 12.5. The van der Waals surface area contributed by atoms with Crippen molar-refractivity contribution in [2.75, 3.05) is 6.54 Å². The molecule has 1 saturated heterocycles. The number of halogens is 1. The Hall–Kier alpha value is -3.45. The van der Waals surface area contributed by atoms with Crippen molar-refractivity contribution in [3.8, 4) is 5.69 Å². The van der Waals surface area contributed by atoms with E-state index in [1.807, 2.05) is 35.9 Å². The first kappa shape index (κ1) is 21.4. The van der Waals surface area contributed by atoms with Gasteiger partial charge in [-0.25, -0.2) is 9.37 Å². The van der Waals surface area contributed by atoms with Gasteiger partial charge in [0.2, 0.25) is 5.72 Å². The highest BCUT2D eigenvalue weighted by molar-refractivity contribution is 6.03. The number of aromatic nitrogens is 2. The number of piperidine rings is 1. The minimum absolute atomic E-state index is 0.0662. The van der Waals surface area contributed by atoms with Crippen molar-refractivity contribution in [3.05, 3.63) is 88.8 Å². The van der Waals surface area contributed by atoms with Crippen LogP contribution in [0.15, 0.2) is 65.7 Å². The van der Waals surface area contributed by atoms with Gasteiger partial charge in [-0.15, -0.1) is 0 Å². The molecular formula is C26H27FN4O2. The average Bonchev–Trinajstić information content (AvgIpc) is 3.44. The first-order chi connectivity index (χ1) is 16.0. The van der Waals surface area contributed by atoms with Crippen LogP contribution in [-0.2, 0) is 17.2 Å². The van der Waals surface area contributed by atoms with Crippen molar-refractivity contribution in [1.82, 2.24) is 14.5 Å². The third-order valence-electron chi connectivity index (χ3n) is 6.47. The van der Waals surface area contributed by atoms with Crippen molar-refractivity contribution in [3.63, 3.8) is 0 Å². The molecule has 170 valence electrons. The number of nitrogens with zero attached hydrogens (tertiary/aromatic N) is 4. The fourth-order valence-corrected chi connectivity index (χ4v) is 4.79. The molecule has 33 heavy (non-hydrogen) atoms. The maximum Gasteiger partial charge on any atom is 0.237 e. The number of hydrogen-bond donors (Lipinski definition) is 1. The van der Waals surface area contributed by atoms with E-state index in [1.165, 1.54) is 12.1 Å². The number of fused-ring (bicyclic) bond motifs is 1. The van der Waals surface area contributed by atoms with E-state index in [-0.39, 0.29) is 12.4 Å². The highest BCUT2D eigenvalue weighted by atomic mass is 19.1. The Labute approximate surface area is 192 Å². The van der Waals surface area contributed by atoms with E-state index in [4.69, 9.17) is 4.84 Å². The Morgan fingerprint density at radius 2 is 2.03 bits per heavy atom. The van der Waals surface area contributed by atoms with Crippen LogP contribution in [0, 0.1) is 12.7 Å². The Balaban J connectivity index is 1.47. The van der Waals surface area contributed by atoms with E-state index >= 15 is 0 Å². The van der Waals surface area contributed by atoms with Crippen molar-refractivity contribution in [2.24, 2.45) is 5.16 Å². The predicted molar refractivity (Wildman–Crippen MR) is 125 cm³/mol. The molecule has 0 saturated carbocycles. The zero-order valence-corrected chi connectivity index (χ0v) is 18.8. The molecule has 2 aromatic carbocycles. The van der Waals surface area contributed by atoms with E-state index in [1.54, 1.807) is 18.5 Å². The summed E-state index contributed by atoms with van der Waals surface area (Å²) in [4.78, 5) is 12.5. The number of aryl methyl sites for hydroxylation is 1. The number of amidine groups is 1. The molecule has 1 atom stereocenters. The maximum absolute atomic E-state index is 13.5. The van der Waals surface area contributed by atoms with Crippen LogP contribution in [-0.4, -0.2) is 31.9 Å². The number of oxime groups is 1. The van der Waals surface area contributed by atoms with Gasteiger partial charge in [0.25, 0.3) is 0 Å². The largest absolute Gasteiger partial charge is 0.392 e. The lowest BCUT2D eigenvalue weighted by Crippen LogP contribution is -2.48. The molecule has 1 aromatic heterocycles. The van der Waals surface area contributed by atoms with Gasteiger partial charge in [-0.05, 0) is 61.2 Å². The van der Waals surface area contributed by atoms with E-state index in [0.29, 0.717) is 6.42 Å². The number of aliphatic hydroxyl groups is 1. The van der Waals surface area contributed by atoms with Crippen LogP contribution >= 0.6 is 0 Å². The Bertz CT molecular complexity index is 1230. The Kier molecular flexibility index (Phi) is 5.50. The third kappa shape index (κ3) is 3.72. The quantitative estimate of drug-likeness (QED) is 0.606. The van der Waals surface area contributed by atoms with Crippen LogP contribution in [0.4, 0.5) is 4.39 Å². The Morgan fingerprint density at radius 1 is 1.21 bits per heavy atom. The second-order valence-electron chi connectivity index (χ2n) is 8.54. The molecule has 3 aromatic rings. The number of hydrogen-bond acceptors (Lipinski definition) is 5. The van der Waals surface area contributed by atoms with Gasteiger partial charge in [0.15, 0.2) is 5.84 Å². The monoisotopic (exact) mass is 446 g/mol. The molecule has 3 heterocycles. The smallest absolute Gasteiger partial charge is 0.237 e. The zero-order valence-electron chi connectivity index (χ0n) is 18.8. The lowest BCUT2D eigenvalue weighted by Gasteiger charge is -2.39. The van der Waals surface area contributed by atoms with E-state index in [0.717, 1.165) is 58.9 Å². The molecule has 7 heteroatoms. The minimum atomic E-state index is -0.720. The summed E-state index contributed by atoms with van der Waals surface area (Å²) in [7, 11) is 0. The molecule has 0 aliphatic carbocycles. The first-order valence-corrected chi connectivity index (χ1v) is 11.3. The van der Waals surface area contributed by atoms with Gasteiger partial charge in [-0.3, -0.25) is 0 Å². The summed E-state index contributed by atoms with van der Waals surface area (Å²) < 4.78 is 15.4. The molecule has 0 bridgehead atoms. The minimum Gasteiger partial charge on any atom is -0.392 e. The summed E-state index contributed by atoms with van der Waals surface area (Å²) >= 11 is 0. The van der Waals surface area contributed by atoms with Crippen LogP contribution < -0.4 is 0 Å². The van der Waals surface area contributed by atoms with Crippen molar-refractivity contribution in [1.29, 1.82) is 0 Å². The number of aliphatic hydroxyl groups excluding tert-OH is 1. The normalized spacial score (nSPS) is 21.2. The highest BCUT2D eigenvalue weighted by Gasteiger charge is 2.48. The molecular weight excluding hydrogens is 419 g/mol. The lowest BCUT2D eigenvalue weighted by atomic mass is 9.92. The van der Waals surface area contributed by atoms with Crippen LogP contribution in [0.1, 0.15) is 48.6 Å². The fourth-order valence-electron chi connectivity index (χ4n) is 4.79. The molecule has 0 radical (unpaired) electrons. The number of benzene rings is 2. The Morgan fingerprint density at radius 3 is 2.73 bits per heavy atom. The van der Waals surface area contributed by atoms with E-state index in [2.05, 4.69) is 28.0 Å². The molecule has 5 rings (SSSR count). The zero-order chi connectivity index (χ0) is 23.0. The summed E-state index contributed by atoms with van der Waals surface area (Å²) in [6.07, 6.45) is 8.36. The molecule has 0 amide bonds. The average molecular weight is 447 g/mol. The summed E-state index contributed by atoms with van der Waals surface area (Å²) in [6.45, 7) is 4.75. The van der Waals surface area contributed by atoms with Crippen LogP contribution in [0.5, 0.6) is 0 Å². The van der Waals surface area contributed by atoms with Crippen molar-refractivity contribution >= 4 is 11.9 Å². The topological polar surface area (TPSA) is 62.9 Å². The van der Waals surface area contributed by atoms with Crippen LogP contribution in [0.25, 0.3) is 11.8 Å².